The number of aryl methyl sites for hydroxylation is 2. The molecule has 0 bridgehead atoms. The first-order chi connectivity index (χ1) is 8.72. The molecule has 90 valence electrons. The molecule has 0 saturated carbocycles. The summed E-state index contributed by atoms with van der Waals surface area (Å²) in [5.74, 6) is 0. The van der Waals surface area contributed by atoms with E-state index in [4.69, 9.17) is 0 Å². The van der Waals surface area contributed by atoms with Crippen LogP contribution in [0.5, 0.6) is 0 Å². The summed E-state index contributed by atoms with van der Waals surface area (Å²) in [4.78, 5) is 0. The van der Waals surface area contributed by atoms with Gasteiger partial charge in [-0.2, -0.15) is 0 Å². The Morgan fingerprint density at radius 1 is 1.00 bits per heavy atom. The number of hydrogen-bond donors (Lipinski definition) is 0. The largest absolute Gasteiger partial charge is 0.0990 e. The zero-order chi connectivity index (χ0) is 13.0. The topological polar surface area (TPSA) is 0 Å². The molecule has 2 rings (SSSR count). The summed E-state index contributed by atoms with van der Waals surface area (Å²) >= 11 is 0. The maximum atomic E-state index is 3.83. The fraction of sp³-hybridized carbons (Fsp3) is 0.111. The van der Waals surface area contributed by atoms with Gasteiger partial charge in [-0.05, 0) is 36.1 Å². The highest BCUT2D eigenvalue weighted by Gasteiger charge is 2.07. The van der Waals surface area contributed by atoms with Crippen molar-refractivity contribution in [2.45, 2.75) is 13.8 Å². The maximum Gasteiger partial charge on any atom is -0.0109 e. The van der Waals surface area contributed by atoms with Gasteiger partial charge in [0.1, 0.15) is 0 Å². The summed E-state index contributed by atoms with van der Waals surface area (Å²) in [6.45, 7) is 8.10. The summed E-state index contributed by atoms with van der Waals surface area (Å²) in [5.41, 5.74) is 6.30. The Bertz CT molecular complexity index is 574. The van der Waals surface area contributed by atoms with Crippen LogP contribution in [-0.2, 0) is 0 Å². The lowest BCUT2D eigenvalue weighted by molar-refractivity contribution is 1.36. The van der Waals surface area contributed by atoms with E-state index in [2.05, 4.69) is 69.0 Å². The Morgan fingerprint density at radius 2 is 1.72 bits per heavy atom. The van der Waals surface area contributed by atoms with E-state index in [1.54, 1.807) is 0 Å². The Hall–Kier alpha value is -2.08. The Labute approximate surface area is 109 Å². The van der Waals surface area contributed by atoms with Crippen molar-refractivity contribution in [2.24, 2.45) is 0 Å². The second kappa shape index (κ2) is 5.50. The molecule has 2 aromatic rings. The van der Waals surface area contributed by atoms with Crippen molar-refractivity contribution in [3.8, 4) is 0 Å². The Morgan fingerprint density at radius 3 is 2.39 bits per heavy atom. The molecular weight excluding hydrogens is 216 g/mol. The highest BCUT2D eigenvalue weighted by Crippen LogP contribution is 2.26. The predicted octanol–water partition coefficient (Wildman–Crippen LogP) is 4.92. The van der Waals surface area contributed by atoms with Crippen LogP contribution < -0.4 is 0 Å². The minimum Gasteiger partial charge on any atom is -0.0990 e. The third-order valence-electron chi connectivity index (χ3n) is 3.05. The van der Waals surface area contributed by atoms with Crippen molar-refractivity contribution in [3.05, 3.63) is 89.5 Å². The van der Waals surface area contributed by atoms with Crippen molar-refractivity contribution in [2.75, 3.05) is 0 Å². The lowest BCUT2D eigenvalue weighted by Crippen LogP contribution is -1.92. The molecule has 0 nitrogen and oxygen atoms in total. The fourth-order valence-corrected chi connectivity index (χ4v) is 2.10. The Balaban J connectivity index is 2.59. The van der Waals surface area contributed by atoms with Crippen LogP contribution in [0.2, 0.25) is 0 Å². The van der Waals surface area contributed by atoms with Crippen molar-refractivity contribution in [1.82, 2.24) is 0 Å². The van der Waals surface area contributed by atoms with E-state index in [0.29, 0.717) is 0 Å². The summed E-state index contributed by atoms with van der Waals surface area (Å²) in [6, 6.07) is 17.0. The van der Waals surface area contributed by atoms with E-state index < -0.39 is 0 Å². The van der Waals surface area contributed by atoms with Crippen LogP contribution in [0.25, 0.3) is 5.57 Å². The average molecular weight is 234 g/mol. The van der Waals surface area contributed by atoms with Crippen LogP contribution in [0.1, 0.15) is 22.3 Å². The zero-order valence-corrected chi connectivity index (χ0v) is 11.0. The van der Waals surface area contributed by atoms with E-state index >= 15 is 0 Å². The molecule has 0 heterocycles. The van der Waals surface area contributed by atoms with Gasteiger partial charge in [0.15, 0.2) is 0 Å². The maximum absolute atomic E-state index is 3.83. The van der Waals surface area contributed by atoms with Crippen LogP contribution >= 0.6 is 0 Å². The predicted molar refractivity (Wildman–Crippen MR) is 79.6 cm³/mol. The van der Waals surface area contributed by atoms with Crippen LogP contribution in [-0.4, -0.2) is 0 Å². The van der Waals surface area contributed by atoms with E-state index in [9.17, 15) is 0 Å². The third kappa shape index (κ3) is 2.60. The van der Waals surface area contributed by atoms with Crippen LogP contribution in [0, 0.1) is 13.8 Å². The van der Waals surface area contributed by atoms with E-state index in [1.165, 1.54) is 27.8 Å². The van der Waals surface area contributed by atoms with Gasteiger partial charge in [0.25, 0.3) is 0 Å². The zero-order valence-electron chi connectivity index (χ0n) is 11.0. The van der Waals surface area contributed by atoms with Crippen LogP contribution in [0.3, 0.4) is 0 Å². The average Bonchev–Trinajstić information content (AvgIpc) is 2.40. The van der Waals surface area contributed by atoms with Gasteiger partial charge in [-0.1, -0.05) is 72.8 Å². The smallest absolute Gasteiger partial charge is 0.0109 e. The molecule has 0 aliphatic rings. The molecule has 0 atom stereocenters. The Kier molecular flexibility index (Phi) is 3.78. The van der Waals surface area contributed by atoms with Gasteiger partial charge < -0.3 is 0 Å². The molecule has 18 heavy (non-hydrogen) atoms. The molecule has 0 heteroatoms. The molecule has 0 aliphatic heterocycles. The molecule has 0 saturated heterocycles. The summed E-state index contributed by atoms with van der Waals surface area (Å²) in [5, 5.41) is 0. The first-order valence-corrected chi connectivity index (χ1v) is 6.18. The van der Waals surface area contributed by atoms with E-state index in [0.717, 1.165) is 0 Å². The van der Waals surface area contributed by atoms with Gasteiger partial charge in [0, 0.05) is 0 Å². The normalized spacial score (nSPS) is 11.3. The molecule has 0 aliphatic carbocycles. The molecular formula is C18H18. The molecule has 0 unspecified atom stereocenters. The molecule has 0 aromatic heterocycles. The van der Waals surface area contributed by atoms with Gasteiger partial charge in [-0.3, -0.25) is 0 Å². The second-order valence-corrected chi connectivity index (χ2v) is 4.50. The lowest BCUT2D eigenvalue weighted by Gasteiger charge is -2.12. The number of benzene rings is 2. The minimum absolute atomic E-state index is 1.23. The lowest BCUT2D eigenvalue weighted by atomic mass is 9.93. The van der Waals surface area contributed by atoms with Crippen molar-refractivity contribution < 1.29 is 0 Å². The van der Waals surface area contributed by atoms with Crippen molar-refractivity contribution in [3.63, 3.8) is 0 Å². The van der Waals surface area contributed by atoms with Gasteiger partial charge in [0.2, 0.25) is 0 Å². The third-order valence-corrected chi connectivity index (χ3v) is 3.05. The van der Waals surface area contributed by atoms with Gasteiger partial charge in [0.05, 0.1) is 0 Å². The molecule has 0 fully saturated rings. The quantitative estimate of drug-likeness (QED) is 0.661. The fourth-order valence-electron chi connectivity index (χ4n) is 2.10. The van der Waals surface area contributed by atoms with Crippen LogP contribution in [0.15, 0.2) is 67.3 Å². The highest BCUT2D eigenvalue weighted by molar-refractivity contribution is 5.82. The van der Waals surface area contributed by atoms with Crippen molar-refractivity contribution >= 4 is 5.57 Å². The molecule has 0 N–H and O–H groups in total. The molecule has 0 amide bonds. The number of rotatable bonds is 3. The first kappa shape index (κ1) is 12.4. The van der Waals surface area contributed by atoms with E-state index in [1.807, 2.05) is 12.1 Å². The standard InChI is InChI=1S/C18H18/c1-4-8-17(16-9-6-5-7-10-16)18-13-14(2)11-12-15(18)3/h4-13H,1H2,2-3H3/b17-8+. The van der Waals surface area contributed by atoms with E-state index in [-0.39, 0.29) is 0 Å². The second-order valence-electron chi connectivity index (χ2n) is 4.50. The summed E-state index contributed by atoms with van der Waals surface area (Å²) < 4.78 is 0. The first-order valence-electron chi connectivity index (χ1n) is 6.18. The molecule has 0 spiro atoms. The molecule has 0 radical (unpaired) electrons. The highest BCUT2D eigenvalue weighted by atomic mass is 14.1. The van der Waals surface area contributed by atoms with Gasteiger partial charge in [-0.15, -0.1) is 0 Å². The summed E-state index contributed by atoms with van der Waals surface area (Å²) in [6.07, 6.45) is 3.93. The monoisotopic (exact) mass is 234 g/mol. The van der Waals surface area contributed by atoms with Gasteiger partial charge in [-0.25, -0.2) is 0 Å². The van der Waals surface area contributed by atoms with Gasteiger partial charge >= 0.3 is 0 Å². The van der Waals surface area contributed by atoms with Crippen LogP contribution in [0.4, 0.5) is 0 Å². The SMILES string of the molecule is C=C/C=C(\c1ccccc1)c1cc(C)ccc1C. The summed E-state index contributed by atoms with van der Waals surface area (Å²) in [7, 11) is 0. The minimum atomic E-state index is 1.23. The number of hydrogen-bond acceptors (Lipinski definition) is 0. The van der Waals surface area contributed by atoms with Crippen molar-refractivity contribution in [1.29, 1.82) is 0 Å². The molecule has 2 aromatic carbocycles. The number of allylic oxidation sites excluding steroid dienone is 2.